The van der Waals surface area contributed by atoms with Crippen LogP contribution in [-0.2, 0) is 0 Å². The monoisotopic (exact) mass is 278 g/mol. The van der Waals surface area contributed by atoms with Gasteiger partial charge in [0.25, 0.3) is 0 Å². The third kappa shape index (κ3) is 2.81. The molecular formula is C14H18N2O2S. The number of hydrogen-bond donors (Lipinski definition) is 1. The van der Waals surface area contributed by atoms with E-state index in [4.69, 9.17) is 9.47 Å². The van der Waals surface area contributed by atoms with Crippen LogP contribution in [0.3, 0.4) is 0 Å². The quantitative estimate of drug-likeness (QED) is 0.919. The maximum absolute atomic E-state index is 5.36. The van der Waals surface area contributed by atoms with Gasteiger partial charge in [0, 0.05) is 11.3 Å². The van der Waals surface area contributed by atoms with Crippen LogP contribution >= 0.6 is 11.8 Å². The maximum atomic E-state index is 5.36. The molecule has 1 N–H and O–H groups in total. The fourth-order valence-electron chi connectivity index (χ4n) is 2.20. The number of rotatable bonds is 4. The number of anilines is 1. The van der Waals surface area contributed by atoms with E-state index in [1.165, 1.54) is 12.8 Å². The summed E-state index contributed by atoms with van der Waals surface area (Å²) >= 11 is 1.85. The molecule has 1 aliphatic heterocycles. The Bertz CT molecular complexity index is 500. The van der Waals surface area contributed by atoms with Crippen molar-refractivity contribution in [3.63, 3.8) is 0 Å². The van der Waals surface area contributed by atoms with E-state index in [0.717, 1.165) is 34.8 Å². The van der Waals surface area contributed by atoms with Gasteiger partial charge in [0.05, 0.1) is 26.5 Å². The van der Waals surface area contributed by atoms with Crippen molar-refractivity contribution in [2.75, 3.05) is 26.1 Å². The zero-order valence-corrected chi connectivity index (χ0v) is 12.0. The van der Waals surface area contributed by atoms with Crippen molar-refractivity contribution in [3.8, 4) is 11.5 Å². The molecule has 2 aliphatic rings. The standard InChI is InChI=1S/C14H18N2O2S/c1-17-10-5-6-12(18-2)11(7-10)16-14-15-8-13(19-14)9-3-4-9/h5-7,9,13H,3-4,8H2,1-2H3,(H,15,16). The van der Waals surface area contributed by atoms with E-state index >= 15 is 0 Å². The Labute approximate surface area is 117 Å². The van der Waals surface area contributed by atoms with Crippen LogP contribution in [0.2, 0.25) is 0 Å². The summed E-state index contributed by atoms with van der Waals surface area (Å²) in [5.74, 6) is 2.49. The predicted molar refractivity (Wildman–Crippen MR) is 79.6 cm³/mol. The minimum atomic E-state index is 0.666. The molecule has 19 heavy (non-hydrogen) atoms. The first-order valence-corrected chi connectivity index (χ1v) is 7.38. The van der Waals surface area contributed by atoms with E-state index in [9.17, 15) is 0 Å². The molecule has 1 fully saturated rings. The van der Waals surface area contributed by atoms with Crippen LogP contribution in [0.1, 0.15) is 12.8 Å². The van der Waals surface area contributed by atoms with Crippen LogP contribution in [0.4, 0.5) is 5.69 Å². The highest BCUT2D eigenvalue weighted by molar-refractivity contribution is 8.15. The first-order chi connectivity index (χ1) is 9.30. The Hall–Kier alpha value is -1.36. The van der Waals surface area contributed by atoms with E-state index in [1.807, 2.05) is 30.0 Å². The van der Waals surface area contributed by atoms with Gasteiger partial charge in [-0.2, -0.15) is 0 Å². The topological polar surface area (TPSA) is 42.9 Å². The minimum absolute atomic E-state index is 0.666. The number of benzene rings is 1. The molecule has 0 aromatic heterocycles. The SMILES string of the molecule is COc1ccc(OC)c(NC2=NCC(C3CC3)S2)c1. The van der Waals surface area contributed by atoms with Crippen LogP contribution in [0.25, 0.3) is 0 Å². The summed E-state index contributed by atoms with van der Waals surface area (Å²) in [4.78, 5) is 4.58. The van der Waals surface area contributed by atoms with E-state index in [2.05, 4.69) is 10.3 Å². The van der Waals surface area contributed by atoms with E-state index in [-0.39, 0.29) is 0 Å². The molecule has 1 atom stereocenters. The normalized spacial score (nSPS) is 22.0. The minimum Gasteiger partial charge on any atom is -0.497 e. The van der Waals surface area contributed by atoms with Gasteiger partial charge in [0.15, 0.2) is 5.17 Å². The molecule has 0 radical (unpaired) electrons. The van der Waals surface area contributed by atoms with Gasteiger partial charge in [-0.15, -0.1) is 0 Å². The largest absolute Gasteiger partial charge is 0.497 e. The van der Waals surface area contributed by atoms with E-state index < -0.39 is 0 Å². The van der Waals surface area contributed by atoms with Gasteiger partial charge < -0.3 is 14.8 Å². The summed E-state index contributed by atoms with van der Waals surface area (Å²) in [5.41, 5.74) is 0.907. The summed E-state index contributed by atoms with van der Waals surface area (Å²) in [6.07, 6.45) is 2.73. The molecular weight excluding hydrogens is 260 g/mol. The van der Waals surface area contributed by atoms with Crippen molar-refractivity contribution in [1.29, 1.82) is 0 Å². The van der Waals surface area contributed by atoms with E-state index in [1.54, 1.807) is 14.2 Å². The molecule has 0 spiro atoms. The summed E-state index contributed by atoms with van der Waals surface area (Å²) in [6, 6.07) is 5.73. The molecule has 4 nitrogen and oxygen atoms in total. The third-order valence-corrected chi connectivity index (χ3v) is 4.77. The number of amidine groups is 1. The molecule has 0 saturated heterocycles. The summed E-state index contributed by atoms with van der Waals surface area (Å²) < 4.78 is 10.6. The number of nitrogens with one attached hydrogen (secondary N) is 1. The lowest BCUT2D eigenvalue weighted by atomic mass is 10.2. The maximum Gasteiger partial charge on any atom is 0.161 e. The number of thioether (sulfide) groups is 1. The Morgan fingerprint density at radius 1 is 1.26 bits per heavy atom. The molecule has 1 unspecified atom stereocenters. The second-order valence-electron chi connectivity index (χ2n) is 4.83. The smallest absolute Gasteiger partial charge is 0.161 e. The molecule has 1 saturated carbocycles. The second-order valence-corrected chi connectivity index (χ2v) is 6.06. The van der Waals surface area contributed by atoms with Gasteiger partial charge in [-0.3, -0.25) is 4.99 Å². The van der Waals surface area contributed by atoms with Gasteiger partial charge in [0.1, 0.15) is 11.5 Å². The first kappa shape index (κ1) is 12.7. The molecule has 1 heterocycles. The fraction of sp³-hybridized carbons (Fsp3) is 0.500. The third-order valence-electron chi connectivity index (χ3n) is 3.47. The zero-order valence-electron chi connectivity index (χ0n) is 11.2. The number of methoxy groups -OCH3 is 2. The molecule has 1 aliphatic carbocycles. The molecule has 5 heteroatoms. The summed E-state index contributed by atoms with van der Waals surface area (Å²) in [7, 11) is 3.33. The van der Waals surface area contributed by atoms with Gasteiger partial charge in [-0.25, -0.2) is 0 Å². The molecule has 0 bridgehead atoms. The Morgan fingerprint density at radius 3 is 2.79 bits per heavy atom. The highest BCUT2D eigenvalue weighted by Gasteiger charge is 2.35. The lowest BCUT2D eigenvalue weighted by Gasteiger charge is -2.12. The van der Waals surface area contributed by atoms with Crippen molar-refractivity contribution in [2.45, 2.75) is 18.1 Å². The van der Waals surface area contributed by atoms with Crippen molar-refractivity contribution in [3.05, 3.63) is 18.2 Å². The Kier molecular flexibility index (Phi) is 3.55. The molecule has 3 rings (SSSR count). The zero-order chi connectivity index (χ0) is 13.2. The fourth-order valence-corrected chi connectivity index (χ4v) is 3.42. The number of ether oxygens (including phenoxy) is 2. The highest BCUT2D eigenvalue weighted by atomic mass is 32.2. The molecule has 1 aromatic carbocycles. The molecule has 0 amide bonds. The Balaban J connectivity index is 1.71. The summed E-state index contributed by atoms with van der Waals surface area (Å²) in [5, 5.41) is 5.01. The van der Waals surface area contributed by atoms with Gasteiger partial charge in [0.2, 0.25) is 0 Å². The molecule has 1 aromatic rings. The van der Waals surface area contributed by atoms with E-state index in [0.29, 0.717) is 5.25 Å². The second kappa shape index (κ2) is 5.33. The average Bonchev–Trinajstić information content (AvgIpc) is 3.19. The number of nitrogens with zero attached hydrogens (tertiary/aromatic N) is 1. The summed E-state index contributed by atoms with van der Waals surface area (Å²) in [6.45, 7) is 0.934. The van der Waals surface area contributed by atoms with Crippen molar-refractivity contribution in [1.82, 2.24) is 0 Å². The highest BCUT2D eigenvalue weighted by Crippen LogP contribution is 2.42. The number of hydrogen-bond acceptors (Lipinski definition) is 5. The van der Waals surface area contributed by atoms with Crippen LogP contribution < -0.4 is 14.8 Å². The lowest BCUT2D eigenvalue weighted by Crippen LogP contribution is -2.09. The first-order valence-electron chi connectivity index (χ1n) is 6.50. The van der Waals surface area contributed by atoms with Crippen molar-refractivity contribution >= 4 is 22.6 Å². The Morgan fingerprint density at radius 2 is 2.11 bits per heavy atom. The van der Waals surface area contributed by atoms with Gasteiger partial charge in [-0.1, -0.05) is 11.8 Å². The van der Waals surface area contributed by atoms with Crippen LogP contribution in [-0.4, -0.2) is 31.2 Å². The molecule has 102 valence electrons. The van der Waals surface area contributed by atoms with Crippen LogP contribution in [0.15, 0.2) is 23.2 Å². The predicted octanol–water partition coefficient (Wildman–Crippen LogP) is 3.00. The van der Waals surface area contributed by atoms with Gasteiger partial charge >= 0.3 is 0 Å². The van der Waals surface area contributed by atoms with Crippen LogP contribution in [0, 0.1) is 5.92 Å². The van der Waals surface area contributed by atoms with Crippen molar-refractivity contribution < 1.29 is 9.47 Å². The average molecular weight is 278 g/mol. The van der Waals surface area contributed by atoms with Crippen LogP contribution in [0.5, 0.6) is 11.5 Å². The lowest BCUT2D eigenvalue weighted by molar-refractivity contribution is 0.405. The number of aliphatic imine (C=N–C) groups is 1. The van der Waals surface area contributed by atoms with Gasteiger partial charge in [-0.05, 0) is 30.9 Å². The van der Waals surface area contributed by atoms with Crippen molar-refractivity contribution in [2.24, 2.45) is 10.9 Å².